The number of hydrogen-bond acceptors (Lipinski definition) is 6. The molecule has 1 aromatic carbocycles. The molecule has 0 bridgehead atoms. The van der Waals surface area contributed by atoms with Crippen molar-refractivity contribution in [1.82, 2.24) is 0 Å². The Morgan fingerprint density at radius 2 is 1.90 bits per heavy atom. The summed E-state index contributed by atoms with van der Waals surface area (Å²) in [6.07, 6.45) is 0.757. The number of ether oxygens (including phenoxy) is 1. The van der Waals surface area contributed by atoms with Crippen LogP contribution in [0.2, 0.25) is 0 Å². The molecule has 0 aliphatic carbocycles. The van der Waals surface area contributed by atoms with Crippen LogP contribution in [-0.2, 0) is 0 Å². The lowest BCUT2D eigenvalue weighted by Crippen LogP contribution is -2.15. The maximum absolute atomic E-state index is 11.8. The van der Waals surface area contributed by atoms with E-state index < -0.39 is 28.9 Å². The molecule has 104 valence electrons. The summed E-state index contributed by atoms with van der Waals surface area (Å²) in [5.41, 5.74) is -0.284. The first kappa shape index (κ1) is 14.0. The Morgan fingerprint density at radius 3 is 2.43 bits per heavy atom. The van der Waals surface area contributed by atoms with Gasteiger partial charge in [0.25, 0.3) is 0 Å². The zero-order valence-electron chi connectivity index (χ0n) is 10.4. The van der Waals surface area contributed by atoms with Crippen molar-refractivity contribution in [2.45, 2.75) is 0 Å². The molecule has 0 saturated carbocycles. The average molecular weight is 285 g/mol. The number of carbonyl (C=O) groups is 2. The molecule has 7 heteroatoms. The molecule has 0 saturated heterocycles. The van der Waals surface area contributed by atoms with Gasteiger partial charge in [-0.3, -0.25) is 4.79 Å². The molecule has 0 radical (unpaired) electrons. The predicted molar refractivity (Wildman–Crippen MR) is 68.1 cm³/mol. The summed E-state index contributed by atoms with van der Waals surface area (Å²) in [7, 11) is 0. The number of esters is 1. The Kier molecular flexibility index (Phi) is 3.81. The quantitative estimate of drug-likeness (QED) is 0.847. The molecule has 0 atom stereocenters. The van der Waals surface area contributed by atoms with Crippen molar-refractivity contribution in [3.05, 3.63) is 63.7 Å². The summed E-state index contributed by atoms with van der Waals surface area (Å²) in [5.74, 6) is -3.21. The second-order valence-electron chi connectivity index (χ2n) is 3.86. The Morgan fingerprint density at radius 1 is 1.24 bits per heavy atom. The Balaban J connectivity index is 2.21. The normalized spacial score (nSPS) is 9.67. The standard InChI is InChI=1S/C14H7NO6/c15-6-8-1-3-9(4-2-8)14(19)21-12-7-20-11(13(17)18)5-10(12)16/h1-5,7H,(H,17,18). The lowest BCUT2D eigenvalue weighted by molar-refractivity contribution is 0.0658. The number of nitrogens with zero attached hydrogens (tertiary/aromatic N) is 1. The van der Waals surface area contributed by atoms with Gasteiger partial charge in [-0.2, -0.15) is 5.26 Å². The molecular weight excluding hydrogens is 278 g/mol. The fourth-order valence-electron chi connectivity index (χ4n) is 1.43. The van der Waals surface area contributed by atoms with Gasteiger partial charge >= 0.3 is 11.9 Å². The predicted octanol–water partition coefficient (Wildman–Crippen LogP) is 1.43. The lowest BCUT2D eigenvalue weighted by atomic mass is 10.1. The fraction of sp³-hybridized carbons (Fsp3) is 0. The Hall–Kier alpha value is -3.40. The minimum absolute atomic E-state index is 0.135. The maximum atomic E-state index is 11.8. The molecule has 2 aromatic rings. The zero-order valence-corrected chi connectivity index (χ0v) is 10.4. The van der Waals surface area contributed by atoms with Crippen molar-refractivity contribution < 1.29 is 23.8 Å². The van der Waals surface area contributed by atoms with Crippen molar-refractivity contribution in [1.29, 1.82) is 5.26 Å². The third-order valence-corrected chi connectivity index (χ3v) is 2.46. The molecule has 7 nitrogen and oxygen atoms in total. The van der Waals surface area contributed by atoms with E-state index in [0.717, 1.165) is 6.26 Å². The number of carboxylic acid groups (broad SMARTS) is 1. The monoisotopic (exact) mass is 285 g/mol. The molecule has 2 rings (SSSR count). The zero-order chi connectivity index (χ0) is 15.4. The summed E-state index contributed by atoms with van der Waals surface area (Å²) < 4.78 is 9.47. The number of rotatable bonds is 3. The first-order valence-corrected chi connectivity index (χ1v) is 5.60. The van der Waals surface area contributed by atoms with Crippen molar-refractivity contribution in [3.63, 3.8) is 0 Å². The van der Waals surface area contributed by atoms with Gasteiger partial charge < -0.3 is 14.3 Å². The van der Waals surface area contributed by atoms with Crippen molar-refractivity contribution in [3.8, 4) is 11.8 Å². The minimum atomic E-state index is -1.41. The van der Waals surface area contributed by atoms with Crippen LogP contribution >= 0.6 is 0 Å². The van der Waals surface area contributed by atoms with Gasteiger partial charge in [-0.25, -0.2) is 9.59 Å². The van der Waals surface area contributed by atoms with E-state index in [1.807, 2.05) is 6.07 Å². The van der Waals surface area contributed by atoms with Gasteiger partial charge in [0, 0.05) is 6.07 Å². The third kappa shape index (κ3) is 3.13. The Labute approximate surface area is 117 Å². The molecular formula is C14H7NO6. The fourth-order valence-corrected chi connectivity index (χ4v) is 1.43. The van der Waals surface area contributed by atoms with Crippen LogP contribution in [0.3, 0.4) is 0 Å². The van der Waals surface area contributed by atoms with Crippen LogP contribution in [0, 0.1) is 11.3 Å². The van der Waals surface area contributed by atoms with E-state index in [1.54, 1.807) is 0 Å². The van der Waals surface area contributed by atoms with Crippen LogP contribution in [0.5, 0.6) is 5.75 Å². The lowest BCUT2D eigenvalue weighted by Gasteiger charge is -2.03. The number of benzene rings is 1. The van der Waals surface area contributed by atoms with E-state index >= 15 is 0 Å². The summed E-state index contributed by atoms with van der Waals surface area (Å²) in [6, 6.07) is 8.19. The van der Waals surface area contributed by atoms with Crippen LogP contribution in [0.4, 0.5) is 0 Å². The smallest absolute Gasteiger partial charge is 0.371 e. The molecule has 0 fully saturated rings. The van der Waals surface area contributed by atoms with Crippen molar-refractivity contribution in [2.75, 3.05) is 0 Å². The number of hydrogen-bond donors (Lipinski definition) is 1. The van der Waals surface area contributed by atoms with E-state index in [9.17, 15) is 14.4 Å². The van der Waals surface area contributed by atoms with Crippen LogP contribution < -0.4 is 10.2 Å². The molecule has 0 aliphatic rings. The van der Waals surface area contributed by atoms with Gasteiger partial charge in [-0.15, -0.1) is 0 Å². The minimum Gasteiger partial charge on any atom is -0.475 e. The summed E-state index contributed by atoms with van der Waals surface area (Å²) in [4.78, 5) is 34.0. The van der Waals surface area contributed by atoms with E-state index in [1.165, 1.54) is 24.3 Å². The molecule has 0 amide bonds. The van der Waals surface area contributed by atoms with Gasteiger partial charge in [0.05, 0.1) is 17.2 Å². The van der Waals surface area contributed by atoms with Crippen LogP contribution in [-0.4, -0.2) is 17.0 Å². The first-order chi connectivity index (χ1) is 10.0. The van der Waals surface area contributed by atoms with E-state index in [-0.39, 0.29) is 5.56 Å². The van der Waals surface area contributed by atoms with Gasteiger partial charge in [0.2, 0.25) is 16.9 Å². The highest BCUT2D eigenvalue weighted by atomic mass is 16.5. The topological polar surface area (TPSA) is 118 Å². The largest absolute Gasteiger partial charge is 0.475 e. The summed E-state index contributed by atoms with van der Waals surface area (Å²) >= 11 is 0. The van der Waals surface area contributed by atoms with E-state index in [2.05, 4.69) is 4.42 Å². The number of aromatic carboxylic acids is 1. The van der Waals surface area contributed by atoms with Gasteiger partial charge in [-0.1, -0.05) is 0 Å². The highest BCUT2D eigenvalue weighted by molar-refractivity contribution is 5.91. The van der Waals surface area contributed by atoms with Crippen LogP contribution in [0.1, 0.15) is 26.5 Å². The molecule has 0 spiro atoms. The SMILES string of the molecule is N#Cc1ccc(C(=O)Oc2coc(C(=O)O)cc2=O)cc1. The number of carboxylic acids is 1. The molecule has 21 heavy (non-hydrogen) atoms. The molecule has 0 aliphatic heterocycles. The van der Waals surface area contributed by atoms with Crippen molar-refractivity contribution >= 4 is 11.9 Å². The average Bonchev–Trinajstić information content (AvgIpc) is 2.49. The summed E-state index contributed by atoms with van der Waals surface area (Å²) in [6.45, 7) is 0. The molecule has 0 unspecified atom stereocenters. The van der Waals surface area contributed by atoms with Gasteiger partial charge in [0.15, 0.2) is 0 Å². The molecule has 1 N–H and O–H groups in total. The van der Waals surface area contributed by atoms with Gasteiger partial charge in [-0.05, 0) is 24.3 Å². The highest BCUT2D eigenvalue weighted by Gasteiger charge is 2.14. The molecule has 1 heterocycles. The number of nitriles is 1. The van der Waals surface area contributed by atoms with Crippen molar-refractivity contribution in [2.24, 2.45) is 0 Å². The van der Waals surface area contributed by atoms with E-state index in [4.69, 9.17) is 15.1 Å². The summed E-state index contributed by atoms with van der Waals surface area (Å²) in [5, 5.41) is 17.3. The van der Waals surface area contributed by atoms with Crippen LogP contribution in [0.15, 0.2) is 45.8 Å². The maximum Gasteiger partial charge on any atom is 0.371 e. The third-order valence-electron chi connectivity index (χ3n) is 2.46. The van der Waals surface area contributed by atoms with E-state index in [0.29, 0.717) is 11.6 Å². The van der Waals surface area contributed by atoms with Gasteiger partial charge in [0.1, 0.15) is 6.26 Å². The van der Waals surface area contributed by atoms with Crippen LogP contribution in [0.25, 0.3) is 0 Å². The highest BCUT2D eigenvalue weighted by Crippen LogP contribution is 2.10. The Bertz CT molecular complexity index is 797. The number of carbonyl (C=O) groups excluding carboxylic acids is 1. The second-order valence-corrected chi connectivity index (χ2v) is 3.86. The second kappa shape index (κ2) is 5.71. The molecule has 1 aromatic heterocycles. The first-order valence-electron chi connectivity index (χ1n) is 5.60.